The van der Waals surface area contributed by atoms with Gasteiger partial charge in [-0.15, -0.1) is 11.6 Å². The van der Waals surface area contributed by atoms with Crippen molar-refractivity contribution in [3.05, 3.63) is 65.7 Å². The summed E-state index contributed by atoms with van der Waals surface area (Å²) in [6, 6.07) is 17.8. The lowest BCUT2D eigenvalue weighted by atomic mass is 10.1. The van der Waals surface area contributed by atoms with Gasteiger partial charge in [-0.05, 0) is 29.8 Å². The molecule has 0 saturated carbocycles. The molecule has 2 aromatic carbocycles. The molecule has 98 valence electrons. The third kappa shape index (κ3) is 3.83. The number of rotatable bonds is 6. The van der Waals surface area contributed by atoms with E-state index in [1.807, 2.05) is 42.5 Å². The lowest BCUT2D eigenvalue weighted by Gasteiger charge is -2.24. The molecule has 0 saturated heterocycles. The van der Waals surface area contributed by atoms with Gasteiger partial charge < -0.3 is 4.90 Å². The molecule has 0 amide bonds. The standard InChI is InChI=1S/C16H16ClNO/c17-10-11-18(12-14-4-2-1-3-5-14)16-8-6-15(13-19)7-9-16/h1-9,13H,10-12H2. The van der Waals surface area contributed by atoms with E-state index < -0.39 is 0 Å². The highest BCUT2D eigenvalue weighted by molar-refractivity contribution is 6.18. The number of nitrogens with zero attached hydrogens (tertiary/aromatic N) is 1. The monoisotopic (exact) mass is 273 g/mol. The highest BCUT2D eigenvalue weighted by Crippen LogP contribution is 2.17. The molecule has 2 nitrogen and oxygen atoms in total. The van der Waals surface area contributed by atoms with E-state index in [-0.39, 0.29) is 0 Å². The van der Waals surface area contributed by atoms with Crippen LogP contribution < -0.4 is 4.90 Å². The summed E-state index contributed by atoms with van der Waals surface area (Å²) in [5, 5.41) is 0. The summed E-state index contributed by atoms with van der Waals surface area (Å²) in [6.07, 6.45) is 0.854. The van der Waals surface area contributed by atoms with E-state index >= 15 is 0 Å². The second-order valence-corrected chi connectivity index (χ2v) is 4.68. The van der Waals surface area contributed by atoms with Gasteiger partial charge in [0.1, 0.15) is 6.29 Å². The second-order valence-electron chi connectivity index (χ2n) is 4.31. The first-order chi connectivity index (χ1) is 9.33. The van der Waals surface area contributed by atoms with Gasteiger partial charge in [0.2, 0.25) is 0 Å². The number of hydrogen-bond donors (Lipinski definition) is 0. The highest BCUT2D eigenvalue weighted by atomic mass is 35.5. The minimum atomic E-state index is 0.572. The fourth-order valence-corrected chi connectivity index (χ4v) is 2.17. The summed E-state index contributed by atoms with van der Waals surface area (Å²) in [4.78, 5) is 12.9. The molecular weight excluding hydrogens is 258 g/mol. The van der Waals surface area contributed by atoms with Crippen LogP contribution in [-0.4, -0.2) is 18.7 Å². The number of carbonyl (C=O) groups is 1. The Morgan fingerprint density at radius 2 is 1.68 bits per heavy atom. The smallest absolute Gasteiger partial charge is 0.150 e. The van der Waals surface area contributed by atoms with Crippen molar-refractivity contribution in [2.75, 3.05) is 17.3 Å². The molecule has 0 aromatic heterocycles. The Hall–Kier alpha value is -1.80. The van der Waals surface area contributed by atoms with Gasteiger partial charge in [-0.2, -0.15) is 0 Å². The maximum absolute atomic E-state index is 10.7. The third-order valence-corrected chi connectivity index (χ3v) is 3.13. The number of benzene rings is 2. The lowest BCUT2D eigenvalue weighted by Crippen LogP contribution is -2.24. The predicted octanol–water partition coefficient (Wildman–Crippen LogP) is 3.74. The summed E-state index contributed by atoms with van der Waals surface area (Å²) in [5.74, 6) is 0.572. The van der Waals surface area contributed by atoms with Gasteiger partial charge in [0.25, 0.3) is 0 Å². The minimum absolute atomic E-state index is 0.572. The van der Waals surface area contributed by atoms with E-state index in [2.05, 4.69) is 17.0 Å². The quantitative estimate of drug-likeness (QED) is 0.590. The van der Waals surface area contributed by atoms with Gasteiger partial charge in [0.05, 0.1) is 0 Å². The summed E-state index contributed by atoms with van der Waals surface area (Å²) in [6.45, 7) is 1.59. The van der Waals surface area contributed by atoms with Gasteiger partial charge in [0, 0.05) is 30.2 Å². The molecule has 0 aliphatic heterocycles. The Labute approximate surface area is 118 Å². The molecule has 3 heteroatoms. The van der Waals surface area contributed by atoms with Gasteiger partial charge in [-0.1, -0.05) is 30.3 Å². The number of halogens is 1. The van der Waals surface area contributed by atoms with Crippen LogP contribution in [0.5, 0.6) is 0 Å². The number of carbonyl (C=O) groups excluding carboxylic acids is 1. The normalized spacial score (nSPS) is 10.2. The van der Waals surface area contributed by atoms with Crippen LogP contribution in [0.3, 0.4) is 0 Å². The molecule has 0 aliphatic rings. The van der Waals surface area contributed by atoms with E-state index in [1.165, 1.54) is 5.56 Å². The van der Waals surface area contributed by atoms with Gasteiger partial charge in [0.15, 0.2) is 0 Å². The topological polar surface area (TPSA) is 20.3 Å². The fourth-order valence-electron chi connectivity index (χ4n) is 1.97. The average molecular weight is 274 g/mol. The number of alkyl halides is 1. The maximum atomic E-state index is 10.7. The molecule has 0 radical (unpaired) electrons. The SMILES string of the molecule is O=Cc1ccc(N(CCCl)Cc2ccccc2)cc1. The first-order valence-electron chi connectivity index (χ1n) is 6.23. The zero-order chi connectivity index (χ0) is 13.5. The van der Waals surface area contributed by atoms with Crippen molar-refractivity contribution < 1.29 is 4.79 Å². The Balaban J connectivity index is 2.16. The number of anilines is 1. The molecule has 2 rings (SSSR count). The van der Waals surface area contributed by atoms with Crippen molar-refractivity contribution in [2.45, 2.75) is 6.54 Å². The molecule has 0 heterocycles. The highest BCUT2D eigenvalue weighted by Gasteiger charge is 2.06. The second kappa shape index (κ2) is 6.95. The van der Waals surface area contributed by atoms with E-state index in [0.717, 1.165) is 25.1 Å². The Kier molecular flexibility index (Phi) is 4.99. The average Bonchev–Trinajstić information content (AvgIpc) is 2.48. The summed E-state index contributed by atoms with van der Waals surface area (Å²) in [7, 11) is 0. The predicted molar refractivity (Wildman–Crippen MR) is 80.0 cm³/mol. The van der Waals surface area contributed by atoms with Crippen LogP contribution in [0.4, 0.5) is 5.69 Å². The van der Waals surface area contributed by atoms with Crippen LogP contribution in [0.25, 0.3) is 0 Å². The van der Waals surface area contributed by atoms with Crippen LogP contribution in [0, 0.1) is 0 Å². The van der Waals surface area contributed by atoms with Crippen LogP contribution in [0.15, 0.2) is 54.6 Å². The van der Waals surface area contributed by atoms with Crippen LogP contribution >= 0.6 is 11.6 Å². The molecular formula is C16H16ClNO. The zero-order valence-electron chi connectivity index (χ0n) is 10.6. The van der Waals surface area contributed by atoms with Gasteiger partial charge >= 0.3 is 0 Å². The van der Waals surface area contributed by atoms with E-state index in [1.54, 1.807) is 0 Å². The van der Waals surface area contributed by atoms with E-state index in [9.17, 15) is 4.79 Å². The molecule has 0 fully saturated rings. The van der Waals surface area contributed by atoms with Crippen molar-refractivity contribution >= 4 is 23.6 Å². The first-order valence-corrected chi connectivity index (χ1v) is 6.77. The van der Waals surface area contributed by atoms with Crippen molar-refractivity contribution in [2.24, 2.45) is 0 Å². The zero-order valence-corrected chi connectivity index (χ0v) is 11.4. The summed E-state index contributed by atoms with van der Waals surface area (Å²) < 4.78 is 0. The molecule has 0 aliphatic carbocycles. The Morgan fingerprint density at radius 3 is 2.26 bits per heavy atom. The molecule has 2 aromatic rings. The van der Waals surface area contributed by atoms with Crippen LogP contribution in [0.1, 0.15) is 15.9 Å². The molecule has 0 unspecified atom stereocenters. The van der Waals surface area contributed by atoms with Gasteiger partial charge in [-0.25, -0.2) is 0 Å². The molecule has 0 spiro atoms. The summed E-state index contributed by atoms with van der Waals surface area (Å²) >= 11 is 5.87. The van der Waals surface area contributed by atoms with Crippen molar-refractivity contribution in [1.29, 1.82) is 0 Å². The van der Waals surface area contributed by atoms with E-state index in [4.69, 9.17) is 11.6 Å². The third-order valence-electron chi connectivity index (χ3n) is 2.97. The molecule has 19 heavy (non-hydrogen) atoms. The fraction of sp³-hybridized carbons (Fsp3) is 0.188. The van der Waals surface area contributed by atoms with Crippen molar-refractivity contribution in [3.63, 3.8) is 0 Å². The van der Waals surface area contributed by atoms with Crippen molar-refractivity contribution in [3.8, 4) is 0 Å². The Morgan fingerprint density at radius 1 is 1.00 bits per heavy atom. The largest absolute Gasteiger partial charge is 0.366 e. The number of hydrogen-bond acceptors (Lipinski definition) is 2. The van der Waals surface area contributed by atoms with Crippen LogP contribution in [-0.2, 0) is 6.54 Å². The summed E-state index contributed by atoms with van der Waals surface area (Å²) in [5.41, 5.74) is 3.01. The lowest BCUT2D eigenvalue weighted by molar-refractivity contribution is 0.112. The van der Waals surface area contributed by atoms with Gasteiger partial charge in [-0.3, -0.25) is 4.79 Å². The molecule has 0 N–H and O–H groups in total. The molecule has 0 bridgehead atoms. The maximum Gasteiger partial charge on any atom is 0.150 e. The van der Waals surface area contributed by atoms with E-state index in [0.29, 0.717) is 11.4 Å². The van der Waals surface area contributed by atoms with Crippen LogP contribution in [0.2, 0.25) is 0 Å². The van der Waals surface area contributed by atoms with Crippen molar-refractivity contribution in [1.82, 2.24) is 0 Å². The Bertz CT molecular complexity index is 510. The first kappa shape index (κ1) is 13.6. The molecule has 0 atom stereocenters. The minimum Gasteiger partial charge on any atom is -0.366 e. The number of aldehydes is 1.